The summed E-state index contributed by atoms with van der Waals surface area (Å²) in [7, 11) is 0. The molecule has 2 aromatic carbocycles. The monoisotopic (exact) mass is 305 g/mol. The molecule has 110 valence electrons. The number of hydrogen-bond acceptors (Lipinski definition) is 3. The molecule has 0 bridgehead atoms. The molecule has 0 heterocycles. The first-order valence-electron chi connectivity index (χ1n) is 6.48. The van der Waals surface area contributed by atoms with Crippen LogP contribution in [0.5, 0.6) is 11.5 Å². The van der Waals surface area contributed by atoms with Gasteiger partial charge in [-0.25, -0.2) is 4.39 Å². The smallest absolute Gasteiger partial charge is 0.167 e. The van der Waals surface area contributed by atoms with Crippen LogP contribution in [-0.2, 0) is 0 Å². The Hall–Kier alpha value is -2.14. The number of nitrogens with two attached hydrogens (primary N) is 1. The van der Waals surface area contributed by atoms with E-state index in [1.54, 1.807) is 49.4 Å². The van der Waals surface area contributed by atoms with Crippen LogP contribution in [0.4, 0.5) is 4.39 Å². The van der Waals surface area contributed by atoms with Crippen molar-refractivity contribution in [1.29, 1.82) is 0 Å². The predicted octanol–water partition coefficient (Wildman–Crippen LogP) is 3.23. The summed E-state index contributed by atoms with van der Waals surface area (Å²) in [6, 6.07) is 12.2. The number of aryl methyl sites for hydroxylation is 1. The van der Waals surface area contributed by atoms with Gasteiger partial charge in [0.1, 0.15) is 24.0 Å². The predicted molar refractivity (Wildman–Crippen MR) is 84.5 cm³/mol. The van der Waals surface area contributed by atoms with E-state index in [4.69, 9.17) is 27.4 Å². The third-order valence-corrected chi connectivity index (χ3v) is 3.14. The molecule has 3 nitrogen and oxygen atoms in total. The van der Waals surface area contributed by atoms with Crippen molar-refractivity contribution in [3.05, 3.63) is 59.4 Å². The lowest BCUT2D eigenvalue weighted by atomic mass is 10.2. The van der Waals surface area contributed by atoms with Crippen LogP contribution in [0.2, 0.25) is 0 Å². The zero-order valence-electron chi connectivity index (χ0n) is 11.6. The van der Waals surface area contributed by atoms with E-state index in [-0.39, 0.29) is 18.2 Å². The topological polar surface area (TPSA) is 44.5 Å². The molecule has 2 N–H and O–H groups in total. The van der Waals surface area contributed by atoms with Gasteiger partial charge in [-0.05, 0) is 42.8 Å². The molecule has 0 aliphatic heterocycles. The normalized spacial score (nSPS) is 10.2. The summed E-state index contributed by atoms with van der Waals surface area (Å²) in [5.74, 6) is 0.587. The van der Waals surface area contributed by atoms with Crippen molar-refractivity contribution in [2.75, 3.05) is 13.2 Å². The second-order valence-corrected chi connectivity index (χ2v) is 4.91. The van der Waals surface area contributed by atoms with Crippen molar-refractivity contribution in [2.24, 2.45) is 5.73 Å². The van der Waals surface area contributed by atoms with E-state index in [1.807, 2.05) is 0 Å². The summed E-state index contributed by atoms with van der Waals surface area (Å²) in [4.78, 5) is 0.347. The van der Waals surface area contributed by atoms with Gasteiger partial charge in [-0.3, -0.25) is 0 Å². The fourth-order valence-corrected chi connectivity index (χ4v) is 1.89. The van der Waals surface area contributed by atoms with E-state index >= 15 is 0 Å². The van der Waals surface area contributed by atoms with Gasteiger partial charge in [-0.1, -0.05) is 24.4 Å². The number of rotatable bonds is 6. The fraction of sp³-hybridized carbons (Fsp3) is 0.188. The van der Waals surface area contributed by atoms with Crippen molar-refractivity contribution in [3.8, 4) is 11.5 Å². The highest BCUT2D eigenvalue weighted by Gasteiger charge is 2.05. The molecule has 0 fully saturated rings. The van der Waals surface area contributed by atoms with Gasteiger partial charge in [0.25, 0.3) is 0 Å². The molecule has 0 atom stereocenters. The van der Waals surface area contributed by atoms with Gasteiger partial charge in [0.15, 0.2) is 11.6 Å². The molecular formula is C16H16FNO2S. The molecule has 0 saturated heterocycles. The van der Waals surface area contributed by atoms with Gasteiger partial charge in [0, 0.05) is 5.56 Å². The Morgan fingerprint density at radius 3 is 2.43 bits per heavy atom. The first-order chi connectivity index (χ1) is 10.1. The van der Waals surface area contributed by atoms with Crippen molar-refractivity contribution in [1.82, 2.24) is 0 Å². The van der Waals surface area contributed by atoms with E-state index < -0.39 is 0 Å². The standard InChI is InChI=1S/C16H16FNO2S/c1-11-3-2-4-14(15(11)17)20-10-9-19-13-7-5-12(6-8-13)16(18)21/h2-8H,9-10H2,1H3,(H2,18,21). The largest absolute Gasteiger partial charge is 0.490 e. The Labute approximate surface area is 128 Å². The van der Waals surface area contributed by atoms with Crippen molar-refractivity contribution >= 4 is 17.2 Å². The van der Waals surface area contributed by atoms with Gasteiger partial charge in [-0.15, -0.1) is 0 Å². The summed E-state index contributed by atoms with van der Waals surface area (Å²) in [5, 5.41) is 0. The van der Waals surface area contributed by atoms with Crippen LogP contribution in [0.3, 0.4) is 0 Å². The van der Waals surface area contributed by atoms with Crippen LogP contribution in [0.1, 0.15) is 11.1 Å². The molecule has 21 heavy (non-hydrogen) atoms. The van der Waals surface area contributed by atoms with Gasteiger partial charge in [0.2, 0.25) is 0 Å². The van der Waals surface area contributed by atoms with E-state index in [2.05, 4.69) is 0 Å². The SMILES string of the molecule is Cc1cccc(OCCOc2ccc(C(N)=S)cc2)c1F. The molecule has 0 aromatic heterocycles. The van der Waals surface area contributed by atoms with Crippen molar-refractivity contribution in [2.45, 2.75) is 6.92 Å². The van der Waals surface area contributed by atoms with Crippen LogP contribution >= 0.6 is 12.2 Å². The van der Waals surface area contributed by atoms with Crippen LogP contribution in [-0.4, -0.2) is 18.2 Å². The molecule has 0 spiro atoms. The van der Waals surface area contributed by atoms with Gasteiger partial charge < -0.3 is 15.2 Å². The zero-order valence-corrected chi connectivity index (χ0v) is 12.5. The average Bonchev–Trinajstić information content (AvgIpc) is 2.48. The minimum atomic E-state index is -0.335. The fourth-order valence-electron chi connectivity index (χ4n) is 1.76. The van der Waals surface area contributed by atoms with Crippen LogP contribution < -0.4 is 15.2 Å². The number of ether oxygens (including phenoxy) is 2. The Morgan fingerprint density at radius 1 is 1.10 bits per heavy atom. The maximum absolute atomic E-state index is 13.7. The summed E-state index contributed by atoms with van der Waals surface area (Å²) >= 11 is 4.87. The maximum atomic E-state index is 13.7. The Kier molecular flexibility index (Phi) is 5.11. The van der Waals surface area contributed by atoms with Crippen molar-refractivity contribution < 1.29 is 13.9 Å². The van der Waals surface area contributed by atoms with Gasteiger partial charge in [0.05, 0.1) is 0 Å². The lowest BCUT2D eigenvalue weighted by Gasteiger charge is -2.10. The highest BCUT2D eigenvalue weighted by Crippen LogP contribution is 2.19. The molecule has 5 heteroatoms. The quantitative estimate of drug-likeness (QED) is 0.657. The zero-order chi connectivity index (χ0) is 15.2. The summed E-state index contributed by atoms with van der Waals surface area (Å²) in [6.45, 7) is 2.28. The number of halogens is 1. The van der Waals surface area contributed by atoms with E-state index in [9.17, 15) is 4.39 Å². The van der Waals surface area contributed by atoms with E-state index in [0.29, 0.717) is 22.9 Å². The summed E-state index contributed by atoms with van der Waals surface area (Å²) in [6.07, 6.45) is 0. The molecule has 0 radical (unpaired) electrons. The van der Waals surface area contributed by atoms with Gasteiger partial charge >= 0.3 is 0 Å². The summed E-state index contributed by atoms with van der Waals surface area (Å²) < 4.78 is 24.5. The molecule has 0 aliphatic carbocycles. The van der Waals surface area contributed by atoms with Crippen LogP contribution in [0.25, 0.3) is 0 Å². The third kappa shape index (κ3) is 4.16. The average molecular weight is 305 g/mol. The van der Waals surface area contributed by atoms with Crippen molar-refractivity contribution in [3.63, 3.8) is 0 Å². The minimum absolute atomic E-state index is 0.238. The lowest BCUT2D eigenvalue weighted by Crippen LogP contribution is -2.11. The van der Waals surface area contributed by atoms with E-state index in [1.165, 1.54) is 0 Å². The molecule has 0 aliphatic rings. The molecule has 2 aromatic rings. The van der Waals surface area contributed by atoms with E-state index in [0.717, 1.165) is 5.56 Å². The molecule has 0 unspecified atom stereocenters. The number of hydrogen-bond donors (Lipinski definition) is 1. The first kappa shape index (κ1) is 15.3. The highest BCUT2D eigenvalue weighted by molar-refractivity contribution is 7.80. The second kappa shape index (κ2) is 7.04. The summed E-state index contributed by atoms with van der Waals surface area (Å²) in [5.41, 5.74) is 6.86. The maximum Gasteiger partial charge on any atom is 0.167 e. The van der Waals surface area contributed by atoms with Gasteiger partial charge in [-0.2, -0.15) is 0 Å². The first-order valence-corrected chi connectivity index (χ1v) is 6.89. The Bertz CT molecular complexity index is 629. The minimum Gasteiger partial charge on any atom is -0.490 e. The van der Waals surface area contributed by atoms with Crippen LogP contribution in [0, 0.1) is 12.7 Å². The van der Waals surface area contributed by atoms with Crippen LogP contribution in [0.15, 0.2) is 42.5 Å². The highest BCUT2D eigenvalue weighted by atomic mass is 32.1. The number of benzene rings is 2. The molecule has 0 saturated carbocycles. The third-order valence-electron chi connectivity index (χ3n) is 2.90. The molecule has 0 amide bonds. The molecule has 2 rings (SSSR count). The number of thiocarbonyl (C=S) groups is 1. The lowest BCUT2D eigenvalue weighted by molar-refractivity contribution is 0.211. The Morgan fingerprint density at radius 2 is 1.76 bits per heavy atom. The molecular weight excluding hydrogens is 289 g/mol. The second-order valence-electron chi connectivity index (χ2n) is 4.47. The Balaban J connectivity index is 1.82.